The number of nitrogens with one attached hydrogen (secondary N) is 1. The lowest BCUT2D eigenvalue weighted by Gasteiger charge is -2.11. The van der Waals surface area contributed by atoms with Gasteiger partial charge in [0, 0.05) is 24.4 Å². The second-order valence-corrected chi connectivity index (χ2v) is 3.10. The molecule has 3 heteroatoms. The van der Waals surface area contributed by atoms with E-state index in [0.717, 1.165) is 11.3 Å². The van der Waals surface area contributed by atoms with Gasteiger partial charge in [-0.05, 0) is 24.3 Å². The Bertz CT molecular complexity index is 386. The Hall–Kier alpha value is -1.77. The van der Waals surface area contributed by atoms with Crippen molar-refractivity contribution in [3.8, 4) is 0 Å². The van der Waals surface area contributed by atoms with Crippen LogP contribution in [0.2, 0.25) is 0 Å². The first-order valence-corrected chi connectivity index (χ1v) is 4.45. The Balaban J connectivity index is 2.30. The second kappa shape index (κ2) is 3.54. The van der Waals surface area contributed by atoms with Crippen LogP contribution in [0.1, 0.15) is 0 Å². The minimum atomic E-state index is -0.0231. The van der Waals surface area contributed by atoms with Crippen molar-refractivity contribution in [1.29, 1.82) is 0 Å². The summed E-state index contributed by atoms with van der Waals surface area (Å²) in [6.07, 6.45) is 8.71. The summed E-state index contributed by atoms with van der Waals surface area (Å²) in [7, 11) is 1.85. The van der Waals surface area contributed by atoms with Gasteiger partial charge in [-0.1, -0.05) is 0 Å². The van der Waals surface area contributed by atoms with E-state index < -0.39 is 0 Å². The topological polar surface area (TPSA) is 38.3 Å². The second-order valence-electron chi connectivity index (χ2n) is 3.10. The maximum atomic E-state index is 11.1. The van der Waals surface area contributed by atoms with Crippen LogP contribution in [-0.2, 0) is 9.53 Å². The first-order valence-electron chi connectivity index (χ1n) is 4.45. The molecule has 0 spiro atoms. The highest BCUT2D eigenvalue weighted by Gasteiger charge is 2.13. The van der Waals surface area contributed by atoms with Gasteiger partial charge in [-0.3, -0.25) is 4.79 Å². The fraction of sp³-hybridized carbons (Fsp3) is 0.182. The van der Waals surface area contributed by atoms with Crippen LogP contribution < -0.4 is 5.32 Å². The van der Waals surface area contributed by atoms with Gasteiger partial charge in [0.1, 0.15) is 12.4 Å². The fourth-order valence-electron chi connectivity index (χ4n) is 1.33. The van der Waals surface area contributed by atoms with E-state index in [2.05, 4.69) is 5.32 Å². The lowest BCUT2D eigenvalue weighted by molar-refractivity contribution is -0.110. The van der Waals surface area contributed by atoms with Crippen molar-refractivity contribution in [2.75, 3.05) is 13.7 Å². The van der Waals surface area contributed by atoms with Crippen molar-refractivity contribution in [1.82, 2.24) is 5.32 Å². The predicted octanol–water partition coefficient (Wildman–Crippen LogP) is 1.07. The van der Waals surface area contributed by atoms with Crippen molar-refractivity contribution in [3.63, 3.8) is 0 Å². The molecule has 2 rings (SSSR count). The Morgan fingerprint density at radius 1 is 1.36 bits per heavy atom. The number of allylic oxidation sites excluding steroid dienone is 5. The summed E-state index contributed by atoms with van der Waals surface area (Å²) in [6.45, 7) is 0.476. The smallest absolute Gasteiger partial charge is 0.182 e. The number of fused-ring (bicyclic) bond motifs is 1. The van der Waals surface area contributed by atoms with Gasteiger partial charge in [-0.25, -0.2) is 0 Å². The summed E-state index contributed by atoms with van der Waals surface area (Å²) >= 11 is 0. The first kappa shape index (κ1) is 8.81. The molecule has 2 aliphatic rings. The zero-order chi connectivity index (χ0) is 9.97. The van der Waals surface area contributed by atoms with Crippen LogP contribution in [0.25, 0.3) is 0 Å². The van der Waals surface area contributed by atoms with Gasteiger partial charge in [0.05, 0.1) is 0 Å². The molecule has 72 valence electrons. The molecule has 0 saturated carbocycles. The van der Waals surface area contributed by atoms with E-state index in [4.69, 9.17) is 4.74 Å². The molecule has 0 atom stereocenters. The summed E-state index contributed by atoms with van der Waals surface area (Å²) in [6, 6.07) is 0. The molecule has 14 heavy (non-hydrogen) atoms. The maximum absolute atomic E-state index is 11.1. The van der Waals surface area contributed by atoms with E-state index in [0.29, 0.717) is 12.4 Å². The lowest BCUT2D eigenvalue weighted by atomic mass is 10.1. The van der Waals surface area contributed by atoms with Crippen LogP contribution in [0.3, 0.4) is 0 Å². The number of carbonyl (C=O) groups is 1. The number of ether oxygens (including phenoxy) is 1. The van der Waals surface area contributed by atoms with Crippen molar-refractivity contribution >= 4 is 5.78 Å². The first-order chi connectivity index (χ1) is 6.79. The van der Waals surface area contributed by atoms with Crippen LogP contribution in [0.5, 0.6) is 0 Å². The number of hydrogen-bond donors (Lipinski definition) is 1. The van der Waals surface area contributed by atoms with Crippen molar-refractivity contribution in [2.24, 2.45) is 0 Å². The number of hydrogen-bond acceptors (Lipinski definition) is 3. The molecule has 0 aromatic carbocycles. The third-order valence-electron chi connectivity index (χ3n) is 2.15. The maximum Gasteiger partial charge on any atom is 0.182 e. The third-order valence-corrected chi connectivity index (χ3v) is 2.15. The highest BCUT2D eigenvalue weighted by molar-refractivity contribution is 6.02. The monoisotopic (exact) mass is 189 g/mol. The highest BCUT2D eigenvalue weighted by Crippen LogP contribution is 2.20. The minimum absolute atomic E-state index is 0.0231. The average molecular weight is 189 g/mol. The number of ketones is 1. The van der Waals surface area contributed by atoms with Gasteiger partial charge in [-0.15, -0.1) is 0 Å². The molecule has 0 amide bonds. The fourth-order valence-corrected chi connectivity index (χ4v) is 1.33. The summed E-state index contributed by atoms with van der Waals surface area (Å²) in [5.41, 5.74) is 1.93. The number of carbonyl (C=O) groups excluding carboxylic acids is 1. The van der Waals surface area contributed by atoms with Gasteiger partial charge in [0.15, 0.2) is 5.78 Å². The van der Waals surface area contributed by atoms with E-state index in [1.54, 1.807) is 6.08 Å². The molecule has 1 aliphatic heterocycles. The zero-order valence-electron chi connectivity index (χ0n) is 7.91. The Morgan fingerprint density at radius 3 is 3.00 bits per heavy atom. The molecular formula is C11H11NO2. The Kier molecular flexibility index (Phi) is 2.23. The van der Waals surface area contributed by atoms with E-state index in [1.165, 1.54) is 12.2 Å². The summed E-state index contributed by atoms with van der Waals surface area (Å²) in [5.74, 6) is 0.629. The summed E-state index contributed by atoms with van der Waals surface area (Å²) in [4.78, 5) is 11.1. The Morgan fingerprint density at radius 2 is 2.21 bits per heavy atom. The van der Waals surface area contributed by atoms with Crippen LogP contribution in [0.4, 0.5) is 0 Å². The molecule has 0 aromatic heterocycles. The molecule has 0 unspecified atom stereocenters. The molecule has 1 aliphatic carbocycles. The quantitative estimate of drug-likeness (QED) is 0.670. The summed E-state index contributed by atoms with van der Waals surface area (Å²) < 4.78 is 5.47. The van der Waals surface area contributed by atoms with Crippen molar-refractivity contribution in [2.45, 2.75) is 0 Å². The standard InChI is InChI=1S/C11H11NO2/c1-12-9-4-2-8-3-5-10(13)6-11(8)14-7-9/h2-6,12H,7H2,1H3. The van der Waals surface area contributed by atoms with Gasteiger partial charge in [-0.2, -0.15) is 0 Å². The average Bonchev–Trinajstić information content (AvgIpc) is 2.39. The van der Waals surface area contributed by atoms with E-state index in [-0.39, 0.29) is 5.78 Å². The predicted molar refractivity (Wildman–Crippen MR) is 53.4 cm³/mol. The molecular weight excluding hydrogens is 178 g/mol. The molecule has 1 N–H and O–H groups in total. The molecule has 0 aromatic rings. The van der Waals surface area contributed by atoms with Crippen LogP contribution >= 0.6 is 0 Å². The molecule has 0 bridgehead atoms. The molecule has 0 fully saturated rings. The third kappa shape index (κ3) is 1.62. The molecule has 0 saturated heterocycles. The van der Waals surface area contributed by atoms with Gasteiger partial charge in [0.25, 0.3) is 0 Å². The molecule has 1 heterocycles. The largest absolute Gasteiger partial charge is 0.487 e. The number of rotatable bonds is 1. The lowest BCUT2D eigenvalue weighted by Crippen LogP contribution is -2.11. The molecule has 3 nitrogen and oxygen atoms in total. The van der Waals surface area contributed by atoms with Crippen LogP contribution in [-0.4, -0.2) is 19.4 Å². The number of likely N-dealkylation sites (N-methyl/N-ethyl adjacent to an activating group) is 1. The Labute approximate surface area is 82.4 Å². The van der Waals surface area contributed by atoms with E-state index in [9.17, 15) is 4.79 Å². The van der Waals surface area contributed by atoms with Crippen molar-refractivity contribution < 1.29 is 9.53 Å². The van der Waals surface area contributed by atoms with Gasteiger partial charge < -0.3 is 10.1 Å². The minimum Gasteiger partial charge on any atom is -0.487 e. The summed E-state index contributed by atoms with van der Waals surface area (Å²) in [5, 5.41) is 3.02. The van der Waals surface area contributed by atoms with Gasteiger partial charge >= 0.3 is 0 Å². The van der Waals surface area contributed by atoms with Crippen molar-refractivity contribution in [3.05, 3.63) is 47.4 Å². The zero-order valence-corrected chi connectivity index (χ0v) is 7.91. The highest BCUT2D eigenvalue weighted by atomic mass is 16.5. The van der Waals surface area contributed by atoms with E-state index in [1.807, 2.05) is 19.2 Å². The van der Waals surface area contributed by atoms with E-state index >= 15 is 0 Å². The SMILES string of the molecule is CNC1=CC=C2C=CC(=O)C=C2OC1. The molecule has 0 radical (unpaired) electrons. The van der Waals surface area contributed by atoms with Crippen LogP contribution in [0.15, 0.2) is 47.4 Å². The van der Waals surface area contributed by atoms with Crippen LogP contribution in [0, 0.1) is 0 Å². The normalized spacial score (nSPS) is 19.8. The van der Waals surface area contributed by atoms with Gasteiger partial charge in [0.2, 0.25) is 0 Å².